The van der Waals surface area contributed by atoms with Crippen LogP contribution >= 0.6 is 0 Å². The summed E-state index contributed by atoms with van der Waals surface area (Å²) >= 11 is 0. The van der Waals surface area contributed by atoms with Gasteiger partial charge in [0.1, 0.15) is 5.75 Å². The maximum absolute atomic E-state index is 9.55. The van der Waals surface area contributed by atoms with E-state index in [-0.39, 0.29) is 12.6 Å². The Bertz CT molecular complexity index is 579. The van der Waals surface area contributed by atoms with Gasteiger partial charge < -0.3 is 15.2 Å². The van der Waals surface area contributed by atoms with Gasteiger partial charge in [0.2, 0.25) is 0 Å². The average molecular weight is 315 g/mol. The van der Waals surface area contributed by atoms with Gasteiger partial charge in [-0.15, -0.1) is 0 Å². The molecule has 0 saturated carbocycles. The van der Waals surface area contributed by atoms with Crippen LogP contribution in [0.25, 0.3) is 10.8 Å². The van der Waals surface area contributed by atoms with Gasteiger partial charge in [-0.25, -0.2) is 0 Å². The standard InChI is InChI=1S/C20H29NO2/c1-3-4-8-16(2)21-18(15-22)13-14-23-20-12-7-10-17-9-5-6-11-19(17)20/h5-7,9-12,16,18,21-22H,3-4,8,13-15H2,1-2H3. The minimum Gasteiger partial charge on any atom is -0.493 e. The zero-order chi connectivity index (χ0) is 16.5. The van der Waals surface area contributed by atoms with Gasteiger partial charge in [0.15, 0.2) is 0 Å². The van der Waals surface area contributed by atoms with E-state index in [1.807, 2.05) is 24.3 Å². The molecule has 0 fully saturated rings. The Morgan fingerprint density at radius 2 is 1.87 bits per heavy atom. The van der Waals surface area contributed by atoms with Crippen LogP contribution in [0.15, 0.2) is 42.5 Å². The van der Waals surface area contributed by atoms with Gasteiger partial charge in [0.25, 0.3) is 0 Å². The number of unbranched alkanes of at least 4 members (excludes halogenated alkanes) is 1. The summed E-state index contributed by atoms with van der Waals surface area (Å²) < 4.78 is 5.96. The minimum absolute atomic E-state index is 0.0943. The van der Waals surface area contributed by atoms with Crippen molar-refractivity contribution in [3.8, 4) is 5.75 Å². The summed E-state index contributed by atoms with van der Waals surface area (Å²) in [6, 6.07) is 14.9. The Kier molecular flexibility index (Phi) is 7.37. The molecule has 3 heteroatoms. The van der Waals surface area contributed by atoms with Crippen molar-refractivity contribution in [3.05, 3.63) is 42.5 Å². The summed E-state index contributed by atoms with van der Waals surface area (Å²) in [5, 5.41) is 15.4. The predicted octanol–water partition coefficient (Wildman–Crippen LogP) is 4.14. The summed E-state index contributed by atoms with van der Waals surface area (Å²) in [6.07, 6.45) is 4.38. The molecule has 126 valence electrons. The Morgan fingerprint density at radius 3 is 2.65 bits per heavy atom. The number of aliphatic hydroxyl groups excluding tert-OH is 1. The molecule has 0 aliphatic heterocycles. The molecule has 0 amide bonds. The molecule has 2 N–H and O–H groups in total. The molecule has 0 spiro atoms. The molecule has 2 aromatic carbocycles. The fourth-order valence-corrected chi connectivity index (χ4v) is 2.86. The zero-order valence-electron chi connectivity index (χ0n) is 14.3. The molecule has 23 heavy (non-hydrogen) atoms. The van der Waals surface area contributed by atoms with Crippen LogP contribution in [0.3, 0.4) is 0 Å². The average Bonchev–Trinajstić information content (AvgIpc) is 2.59. The van der Waals surface area contributed by atoms with E-state index >= 15 is 0 Å². The normalized spacial score (nSPS) is 13.9. The molecule has 0 aliphatic rings. The van der Waals surface area contributed by atoms with Gasteiger partial charge in [-0.1, -0.05) is 56.2 Å². The molecular formula is C20H29NO2. The van der Waals surface area contributed by atoms with Crippen molar-refractivity contribution in [1.29, 1.82) is 0 Å². The summed E-state index contributed by atoms with van der Waals surface area (Å²) in [4.78, 5) is 0. The van der Waals surface area contributed by atoms with Crippen LogP contribution in [-0.2, 0) is 0 Å². The number of nitrogens with one attached hydrogen (secondary N) is 1. The van der Waals surface area contributed by atoms with Gasteiger partial charge in [-0.2, -0.15) is 0 Å². The highest BCUT2D eigenvalue weighted by Gasteiger charge is 2.11. The first-order valence-corrected chi connectivity index (χ1v) is 8.72. The summed E-state index contributed by atoms with van der Waals surface area (Å²) in [6.45, 7) is 5.14. The summed E-state index contributed by atoms with van der Waals surface area (Å²) in [7, 11) is 0. The lowest BCUT2D eigenvalue weighted by molar-refractivity contribution is 0.199. The van der Waals surface area contributed by atoms with Crippen molar-refractivity contribution < 1.29 is 9.84 Å². The number of hydrogen-bond acceptors (Lipinski definition) is 3. The third-order valence-corrected chi connectivity index (χ3v) is 4.20. The van der Waals surface area contributed by atoms with Gasteiger partial charge >= 0.3 is 0 Å². The molecule has 3 nitrogen and oxygen atoms in total. The first kappa shape index (κ1) is 17.8. The molecule has 2 unspecified atom stereocenters. The predicted molar refractivity (Wildman–Crippen MR) is 97.1 cm³/mol. The Balaban J connectivity index is 1.84. The van der Waals surface area contributed by atoms with E-state index in [1.54, 1.807) is 0 Å². The SMILES string of the molecule is CCCCC(C)NC(CO)CCOc1cccc2ccccc12. The number of hydrogen-bond donors (Lipinski definition) is 2. The second-order valence-electron chi connectivity index (χ2n) is 6.20. The number of rotatable bonds is 10. The lowest BCUT2D eigenvalue weighted by atomic mass is 10.1. The maximum atomic E-state index is 9.55. The number of aliphatic hydroxyl groups is 1. The van der Waals surface area contributed by atoms with E-state index in [2.05, 4.69) is 37.4 Å². The topological polar surface area (TPSA) is 41.5 Å². The molecule has 0 aromatic heterocycles. The van der Waals surface area contributed by atoms with Crippen LogP contribution in [0.2, 0.25) is 0 Å². The van der Waals surface area contributed by atoms with E-state index in [1.165, 1.54) is 18.2 Å². The molecule has 2 atom stereocenters. The Morgan fingerprint density at radius 1 is 1.09 bits per heavy atom. The monoisotopic (exact) mass is 315 g/mol. The van der Waals surface area contributed by atoms with Crippen molar-refractivity contribution in [3.63, 3.8) is 0 Å². The second kappa shape index (κ2) is 9.53. The lowest BCUT2D eigenvalue weighted by Crippen LogP contribution is -2.40. The van der Waals surface area contributed by atoms with E-state index in [4.69, 9.17) is 4.74 Å². The van der Waals surface area contributed by atoms with E-state index in [0.29, 0.717) is 12.6 Å². The molecule has 0 heterocycles. The van der Waals surface area contributed by atoms with Crippen molar-refractivity contribution in [2.75, 3.05) is 13.2 Å². The molecular weight excluding hydrogens is 286 g/mol. The summed E-state index contributed by atoms with van der Waals surface area (Å²) in [5.41, 5.74) is 0. The zero-order valence-corrected chi connectivity index (χ0v) is 14.3. The van der Waals surface area contributed by atoms with Crippen LogP contribution in [-0.4, -0.2) is 30.4 Å². The van der Waals surface area contributed by atoms with Gasteiger partial charge in [0.05, 0.1) is 13.2 Å². The summed E-state index contributed by atoms with van der Waals surface area (Å²) in [5.74, 6) is 0.916. The first-order chi connectivity index (χ1) is 11.2. The quantitative estimate of drug-likeness (QED) is 0.692. The van der Waals surface area contributed by atoms with Crippen molar-refractivity contribution >= 4 is 10.8 Å². The number of ether oxygens (including phenoxy) is 1. The van der Waals surface area contributed by atoms with Crippen molar-refractivity contribution in [2.45, 2.75) is 51.6 Å². The van der Waals surface area contributed by atoms with Crippen LogP contribution in [0.5, 0.6) is 5.75 Å². The Labute approximate surface area is 139 Å². The minimum atomic E-state index is 0.0943. The van der Waals surface area contributed by atoms with Gasteiger partial charge in [0, 0.05) is 17.5 Å². The van der Waals surface area contributed by atoms with Gasteiger partial charge in [-0.3, -0.25) is 0 Å². The van der Waals surface area contributed by atoms with Crippen LogP contribution in [0.1, 0.15) is 39.5 Å². The van der Waals surface area contributed by atoms with Crippen LogP contribution in [0, 0.1) is 0 Å². The second-order valence-corrected chi connectivity index (χ2v) is 6.20. The van der Waals surface area contributed by atoms with Crippen molar-refractivity contribution in [1.82, 2.24) is 5.32 Å². The molecule has 2 aromatic rings. The van der Waals surface area contributed by atoms with E-state index in [0.717, 1.165) is 24.0 Å². The van der Waals surface area contributed by atoms with Crippen LogP contribution < -0.4 is 10.1 Å². The highest BCUT2D eigenvalue weighted by Crippen LogP contribution is 2.25. The fraction of sp³-hybridized carbons (Fsp3) is 0.500. The van der Waals surface area contributed by atoms with E-state index in [9.17, 15) is 5.11 Å². The third-order valence-electron chi connectivity index (χ3n) is 4.20. The highest BCUT2D eigenvalue weighted by atomic mass is 16.5. The van der Waals surface area contributed by atoms with Crippen molar-refractivity contribution in [2.24, 2.45) is 0 Å². The largest absolute Gasteiger partial charge is 0.493 e. The Hall–Kier alpha value is -1.58. The molecule has 0 bridgehead atoms. The first-order valence-electron chi connectivity index (χ1n) is 8.72. The maximum Gasteiger partial charge on any atom is 0.127 e. The number of fused-ring (bicyclic) bond motifs is 1. The smallest absolute Gasteiger partial charge is 0.127 e. The molecule has 0 saturated heterocycles. The number of benzene rings is 2. The third kappa shape index (κ3) is 5.52. The fourth-order valence-electron chi connectivity index (χ4n) is 2.86. The van der Waals surface area contributed by atoms with Crippen LogP contribution in [0.4, 0.5) is 0 Å². The highest BCUT2D eigenvalue weighted by molar-refractivity contribution is 5.88. The molecule has 2 rings (SSSR count). The molecule has 0 aliphatic carbocycles. The van der Waals surface area contributed by atoms with Gasteiger partial charge in [-0.05, 0) is 31.2 Å². The lowest BCUT2D eigenvalue weighted by Gasteiger charge is -2.22. The van der Waals surface area contributed by atoms with E-state index < -0.39 is 0 Å². The molecule has 0 radical (unpaired) electrons.